The van der Waals surface area contributed by atoms with E-state index in [2.05, 4.69) is 72.2 Å². The third kappa shape index (κ3) is 2.86. The first-order chi connectivity index (χ1) is 10.8. The molecule has 1 heterocycles. The highest BCUT2D eigenvalue weighted by Gasteiger charge is 2.15. The average Bonchev–Trinajstić information content (AvgIpc) is 2.98. The zero-order valence-electron chi connectivity index (χ0n) is 12.8. The summed E-state index contributed by atoms with van der Waals surface area (Å²) in [6.45, 7) is 5.92. The molecule has 0 saturated carbocycles. The normalized spacial score (nSPS) is 10.6. The number of hydrogen-bond donors (Lipinski definition) is 1. The highest BCUT2D eigenvalue weighted by molar-refractivity contribution is 5.82. The Morgan fingerprint density at radius 1 is 1.00 bits per heavy atom. The van der Waals surface area contributed by atoms with Gasteiger partial charge < -0.3 is 0 Å². The summed E-state index contributed by atoms with van der Waals surface area (Å²) in [7, 11) is 0. The lowest BCUT2D eigenvalue weighted by Gasteiger charge is -2.06. The quantitative estimate of drug-likeness (QED) is 0.645. The van der Waals surface area contributed by atoms with Gasteiger partial charge in [0.15, 0.2) is 0 Å². The van der Waals surface area contributed by atoms with E-state index in [0.717, 1.165) is 24.1 Å². The van der Waals surface area contributed by atoms with E-state index >= 15 is 0 Å². The van der Waals surface area contributed by atoms with Gasteiger partial charge in [-0.1, -0.05) is 66.2 Å². The number of aromatic amines is 1. The van der Waals surface area contributed by atoms with Gasteiger partial charge in [-0.25, -0.2) is 0 Å². The van der Waals surface area contributed by atoms with E-state index in [1.54, 1.807) is 0 Å². The Morgan fingerprint density at radius 2 is 1.73 bits per heavy atom. The predicted octanol–water partition coefficient (Wildman–Crippen LogP) is 5.17. The molecule has 0 aliphatic rings. The summed E-state index contributed by atoms with van der Waals surface area (Å²) in [5, 5.41) is 7.81. The van der Waals surface area contributed by atoms with Gasteiger partial charge in [-0.15, -0.1) is 6.58 Å². The largest absolute Gasteiger partial charge is 0.281 e. The smallest absolute Gasteiger partial charge is 0.100 e. The van der Waals surface area contributed by atoms with Gasteiger partial charge in [-0.05, 0) is 25.3 Å². The number of rotatable bonds is 5. The first-order valence-electron chi connectivity index (χ1n) is 7.60. The number of hydrogen-bond acceptors (Lipinski definition) is 1. The second kappa shape index (κ2) is 6.44. The minimum Gasteiger partial charge on any atom is -0.281 e. The van der Waals surface area contributed by atoms with Gasteiger partial charge in [-0.3, -0.25) is 5.10 Å². The molecular weight excluding hydrogens is 268 g/mol. The maximum Gasteiger partial charge on any atom is 0.100 e. The average molecular weight is 288 g/mol. The van der Waals surface area contributed by atoms with Crippen LogP contribution in [0.15, 0.2) is 67.3 Å². The first kappa shape index (κ1) is 14.3. The van der Waals surface area contributed by atoms with Gasteiger partial charge in [-0.2, -0.15) is 5.10 Å². The maximum atomic E-state index is 4.59. The van der Waals surface area contributed by atoms with Crippen LogP contribution >= 0.6 is 0 Å². The molecule has 0 aliphatic heterocycles. The van der Waals surface area contributed by atoms with Crippen LogP contribution in [0.4, 0.5) is 0 Å². The molecule has 0 amide bonds. The zero-order chi connectivity index (χ0) is 15.4. The van der Waals surface area contributed by atoms with Gasteiger partial charge in [0.05, 0.1) is 0 Å². The summed E-state index contributed by atoms with van der Waals surface area (Å²) in [6.07, 6.45) is 3.81. The van der Waals surface area contributed by atoms with Crippen LogP contribution in [-0.2, 0) is 6.42 Å². The van der Waals surface area contributed by atoms with E-state index in [-0.39, 0.29) is 0 Å². The lowest BCUT2D eigenvalue weighted by Crippen LogP contribution is -1.89. The zero-order valence-corrected chi connectivity index (χ0v) is 12.8. The Kier molecular flexibility index (Phi) is 4.19. The molecule has 2 nitrogen and oxygen atoms in total. The number of allylic oxidation sites excluding steroid dienone is 1. The van der Waals surface area contributed by atoms with Crippen molar-refractivity contribution in [3.05, 3.63) is 78.5 Å². The summed E-state index contributed by atoms with van der Waals surface area (Å²) < 4.78 is 0. The number of H-pyrrole nitrogens is 1. The Labute approximate surface area is 131 Å². The predicted molar refractivity (Wildman–Crippen MR) is 92.7 cm³/mol. The molecule has 1 aromatic heterocycles. The van der Waals surface area contributed by atoms with Crippen LogP contribution in [0.1, 0.15) is 17.7 Å². The second-order valence-electron chi connectivity index (χ2n) is 5.49. The molecule has 0 aliphatic carbocycles. The Morgan fingerprint density at radius 3 is 2.41 bits per heavy atom. The molecule has 3 rings (SSSR count). The van der Waals surface area contributed by atoms with E-state index in [1.807, 2.05) is 12.1 Å². The second-order valence-corrected chi connectivity index (χ2v) is 5.49. The molecular formula is C20H20N2. The molecule has 0 saturated heterocycles. The van der Waals surface area contributed by atoms with E-state index in [1.165, 1.54) is 22.4 Å². The van der Waals surface area contributed by atoms with Crippen molar-refractivity contribution in [2.24, 2.45) is 0 Å². The summed E-state index contributed by atoms with van der Waals surface area (Å²) >= 11 is 0. The Hall–Kier alpha value is -2.61. The molecule has 3 aromatic rings. The summed E-state index contributed by atoms with van der Waals surface area (Å²) in [4.78, 5) is 0. The molecule has 0 fully saturated rings. The SMILES string of the molecule is C=CCCc1[nH]nc(-c2ccc(C)cc2)c1-c1ccccc1. The van der Waals surface area contributed by atoms with Crippen molar-refractivity contribution in [3.8, 4) is 22.4 Å². The van der Waals surface area contributed by atoms with Crippen LogP contribution in [0.3, 0.4) is 0 Å². The number of aryl methyl sites for hydroxylation is 2. The highest BCUT2D eigenvalue weighted by atomic mass is 15.1. The molecule has 1 N–H and O–H groups in total. The van der Waals surface area contributed by atoms with Crippen molar-refractivity contribution < 1.29 is 0 Å². The molecule has 110 valence electrons. The minimum absolute atomic E-state index is 0.923. The molecule has 0 spiro atoms. The lowest BCUT2D eigenvalue weighted by molar-refractivity contribution is 0.919. The fourth-order valence-electron chi connectivity index (χ4n) is 2.64. The third-order valence-electron chi connectivity index (χ3n) is 3.83. The van der Waals surface area contributed by atoms with Crippen molar-refractivity contribution in [2.45, 2.75) is 19.8 Å². The number of nitrogens with zero attached hydrogens (tertiary/aromatic N) is 1. The van der Waals surface area contributed by atoms with Gasteiger partial charge in [0.2, 0.25) is 0 Å². The van der Waals surface area contributed by atoms with Gasteiger partial charge >= 0.3 is 0 Å². The topological polar surface area (TPSA) is 28.7 Å². The molecule has 2 aromatic carbocycles. The Balaban J connectivity index is 2.12. The monoisotopic (exact) mass is 288 g/mol. The van der Waals surface area contributed by atoms with Gasteiger partial charge in [0, 0.05) is 16.8 Å². The van der Waals surface area contributed by atoms with E-state index in [0.29, 0.717) is 0 Å². The summed E-state index contributed by atoms with van der Waals surface area (Å²) in [5.41, 5.74) is 6.99. The lowest BCUT2D eigenvalue weighted by atomic mass is 9.97. The minimum atomic E-state index is 0.923. The van der Waals surface area contributed by atoms with Crippen molar-refractivity contribution in [1.82, 2.24) is 10.2 Å². The standard InChI is InChI=1S/C20H20N2/c1-3-4-10-18-19(16-8-6-5-7-9-16)20(22-21-18)17-13-11-15(2)12-14-17/h3,5-9,11-14H,1,4,10H2,2H3,(H,21,22). The number of aromatic nitrogens is 2. The maximum absolute atomic E-state index is 4.59. The summed E-state index contributed by atoms with van der Waals surface area (Å²) in [5.74, 6) is 0. The Bertz CT molecular complexity index is 752. The van der Waals surface area contributed by atoms with Crippen LogP contribution in [0.2, 0.25) is 0 Å². The van der Waals surface area contributed by atoms with Crippen LogP contribution in [-0.4, -0.2) is 10.2 Å². The van der Waals surface area contributed by atoms with Crippen LogP contribution < -0.4 is 0 Å². The van der Waals surface area contributed by atoms with E-state index in [9.17, 15) is 0 Å². The fourth-order valence-corrected chi connectivity index (χ4v) is 2.64. The first-order valence-corrected chi connectivity index (χ1v) is 7.60. The third-order valence-corrected chi connectivity index (χ3v) is 3.83. The molecule has 0 unspecified atom stereocenters. The van der Waals surface area contributed by atoms with Crippen molar-refractivity contribution in [1.29, 1.82) is 0 Å². The molecule has 0 bridgehead atoms. The van der Waals surface area contributed by atoms with Crippen molar-refractivity contribution in [2.75, 3.05) is 0 Å². The number of benzene rings is 2. The fraction of sp³-hybridized carbons (Fsp3) is 0.150. The van der Waals surface area contributed by atoms with Crippen LogP contribution in [0.5, 0.6) is 0 Å². The van der Waals surface area contributed by atoms with Gasteiger partial charge in [0.25, 0.3) is 0 Å². The van der Waals surface area contributed by atoms with E-state index < -0.39 is 0 Å². The molecule has 2 heteroatoms. The van der Waals surface area contributed by atoms with E-state index in [4.69, 9.17) is 0 Å². The molecule has 0 atom stereocenters. The molecule has 0 radical (unpaired) electrons. The van der Waals surface area contributed by atoms with Crippen LogP contribution in [0, 0.1) is 6.92 Å². The number of nitrogens with one attached hydrogen (secondary N) is 1. The van der Waals surface area contributed by atoms with Crippen LogP contribution in [0.25, 0.3) is 22.4 Å². The van der Waals surface area contributed by atoms with Gasteiger partial charge in [0.1, 0.15) is 5.69 Å². The highest BCUT2D eigenvalue weighted by Crippen LogP contribution is 2.33. The molecule has 22 heavy (non-hydrogen) atoms. The van der Waals surface area contributed by atoms with Crippen molar-refractivity contribution >= 4 is 0 Å². The van der Waals surface area contributed by atoms with Crippen molar-refractivity contribution in [3.63, 3.8) is 0 Å². The summed E-state index contributed by atoms with van der Waals surface area (Å²) in [6, 6.07) is 19.0.